The van der Waals surface area contributed by atoms with Crippen molar-refractivity contribution in [3.05, 3.63) is 88.5 Å². The number of aryl methyl sites for hydroxylation is 6. The number of halogens is 5. The summed E-state index contributed by atoms with van der Waals surface area (Å²) in [6, 6.07) is 10.9. The van der Waals surface area contributed by atoms with Crippen molar-refractivity contribution in [2.24, 2.45) is 14.1 Å². The molecule has 0 aliphatic heterocycles. The van der Waals surface area contributed by atoms with Crippen LogP contribution in [0.2, 0.25) is 5.02 Å². The molecule has 0 amide bonds. The normalized spacial score (nSPS) is 16.3. The third-order valence-corrected chi connectivity index (χ3v) is 10.2. The predicted molar refractivity (Wildman–Crippen MR) is 221 cm³/mol. The van der Waals surface area contributed by atoms with Gasteiger partial charge in [-0.15, -0.1) is 0 Å². The molecule has 16 nitrogen and oxygen atoms in total. The first-order chi connectivity index (χ1) is 28.9. The van der Waals surface area contributed by atoms with Gasteiger partial charge in [0.05, 0.1) is 11.4 Å². The molecule has 2 aliphatic rings. The quantitative estimate of drug-likeness (QED) is 0.116. The van der Waals surface area contributed by atoms with Crippen molar-refractivity contribution in [3.63, 3.8) is 0 Å². The second-order valence-corrected chi connectivity index (χ2v) is 15.9. The van der Waals surface area contributed by atoms with E-state index >= 15 is 0 Å². The van der Waals surface area contributed by atoms with Gasteiger partial charge < -0.3 is 20.5 Å². The van der Waals surface area contributed by atoms with Gasteiger partial charge in [0.1, 0.15) is 43.3 Å². The van der Waals surface area contributed by atoms with Crippen LogP contribution in [-0.2, 0) is 27.3 Å². The van der Waals surface area contributed by atoms with Gasteiger partial charge in [0.25, 0.3) is 0 Å². The van der Waals surface area contributed by atoms with Gasteiger partial charge >= 0.3 is 0 Å². The van der Waals surface area contributed by atoms with E-state index in [-0.39, 0.29) is 51.0 Å². The summed E-state index contributed by atoms with van der Waals surface area (Å²) in [5.74, 6) is -1.13. The molecule has 0 unspecified atom stereocenters. The average Bonchev–Trinajstić information content (AvgIpc) is 3.99. The zero-order valence-corrected chi connectivity index (χ0v) is 35.7. The van der Waals surface area contributed by atoms with Crippen LogP contribution in [-0.4, -0.2) is 88.1 Å². The Labute approximate surface area is 355 Å². The van der Waals surface area contributed by atoms with Crippen LogP contribution >= 0.6 is 11.6 Å². The number of aromatic nitrogens is 12. The van der Waals surface area contributed by atoms with E-state index in [2.05, 4.69) is 51.0 Å². The Morgan fingerprint density at radius 3 is 1.54 bits per heavy atom. The van der Waals surface area contributed by atoms with Crippen molar-refractivity contribution >= 4 is 23.2 Å². The lowest BCUT2D eigenvalue weighted by Crippen LogP contribution is -2.32. The summed E-state index contributed by atoms with van der Waals surface area (Å²) in [5, 5.41) is 32.4. The predicted octanol–water partition coefficient (Wildman–Crippen LogP) is 7.42. The third-order valence-electron chi connectivity index (χ3n) is 9.96. The fourth-order valence-corrected chi connectivity index (χ4v) is 7.19. The maximum absolute atomic E-state index is 13.5. The maximum atomic E-state index is 13.5. The number of aliphatic hydroxyl groups is 1. The van der Waals surface area contributed by atoms with Gasteiger partial charge in [-0.2, -0.15) is 20.4 Å². The van der Waals surface area contributed by atoms with E-state index in [0.29, 0.717) is 71.4 Å². The molecule has 0 aromatic carbocycles. The zero-order chi connectivity index (χ0) is 43.9. The lowest BCUT2D eigenvalue weighted by molar-refractivity contribution is -0.0366. The molecule has 6 heterocycles. The van der Waals surface area contributed by atoms with Crippen molar-refractivity contribution in [3.8, 4) is 17.4 Å². The molecule has 61 heavy (non-hydrogen) atoms. The van der Waals surface area contributed by atoms with E-state index in [1.165, 1.54) is 0 Å². The first-order valence-electron chi connectivity index (χ1n) is 19.9. The van der Waals surface area contributed by atoms with Gasteiger partial charge in [0.15, 0.2) is 23.3 Å². The van der Waals surface area contributed by atoms with Gasteiger partial charge in [0, 0.05) is 86.5 Å². The number of ether oxygens (including phenoxy) is 1. The molecule has 328 valence electrons. The minimum atomic E-state index is -2.57. The van der Waals surface area contributed by atoms with Crippen LogP contribution in [0.3, 0.4) is 0 Å². The van der Waals surface area contributed by atoms with Crippen LogP contribution in [0.4, 0.5) is 29.2 Å². The minimum Gasteiger partial charge on any atom is -0.485 e. The fourth-order valence-electron chi connectivity index (χ4n) is 6.99. The molecule has 2 fully saturated rings. The molecule has 21 heteroatoms. The van der Waals surface area contributed by atoms with E-state index in [1.807, 2.05) is 39.8 Å². The molecule has 8 rings (SSSR count). The van der Waals surface area contributed by atoms with Crippen LogP contribution in [0, 0.1) is 27.7 Å². The Morgan fingerprint density at radius 1 is 0.672 bits per heavy atom. The summed E-state index contributed by atoms with van der Waals surface area (Å²) >= 11 is 6.18. The molecule has 2 saturated carbocycles. The number of hydrogen-bond donors (Lipinski definition) is 3. The maximum Gasteiger partial charge on any atom is 0.248 e. The van der Waals surface area contributed by atoms with Gasteiger partial charge in [-0.1, -0.05) is 11.6 Å². The number of nitrogens with one attached hydrogen (secondary N) is 2. The van der Waals surface area contributed by atoms with Gasteiger partial charge in [-0.05, 0) is 71.6 Å². The summed E-state index contributed by atoms with van der Waals surface area (Å²) in [6.07, 6.45) is 4.40. The van der Waals surface area contributed by atoms with Crippen LogP contribution < -0.4 is 15.4 Å². The molecule has 3 N–H and O–H groups in total. The summed E-state index contributed by atoms with van der Waals surface area (Å²) in [7, 11) is 3.55. The Hall–Kier alpha value is -5.63. The number of nitrogens with zero attached hydrogens (tertiary/aromatic N) is 12. The minimum absolute atomic E-state index is 0.00565. The van der Waals surface area contributed by atoms with E-state index < -0.39 is 11.8 Å². The van der Waals surface area contributed by atoms with Crippen LogP contribution in [0.1, 0.15) is 85.8 Å². The standard InChI is InChI=1S/C20H25F2N7O.C16H19ClF2N4.C4H7N3O/c1-13-8-14(2)29(26-13)19-10-16(30-11-18-23-12-28(3)27-18)9-17(25-19)24-15-4-6-20(21,22)7-5-15;1-10-7-11(2)23(22-10)15-9-12(17)8-14(21-15)20-13-3-5-16(18,19)6-4-13;1-7-3-5-4(2-8)6-7/h8-10,12,15H,4-7,11H2,1-3H3,(H,24,25);7-9,13H,3-6H2,1-2H3,(H,20,21);3,8H,2H2,1H3. The van der Waals surface area contributed by atoms with Gasteiger partial charge in [0.2, 0.25) is 11.8 Å². The zero-order valence-electron chi connectivity index (χ0n) is 35.0. The van der Waals surface area contributed by atoms with Crippen LogP contribution in [0.25, 0.3) is 11.6 Å². The number of aliphatic hydroxyl groups excluding tert-OH is 1. The highest BCUT2D eigenvalue weighted by Crippen LogP contribution is 2.36. The van der Waals surface area contributed by atoms with Crippen LogP contribution in [0.5, 0.6) is 5.75 Å². The van der Waals surface area contributed by atoms with Crippen molar-refractivity contribution in [2.75, 3.05) is 10.6 Å². The highest BCUT2D eigenvalue weighted by molar-refractivity contribution is 6.31. The van der Waals surface area contributed by atoms with E-state index in [0.717, 1.165) is 22.8 Å². The van der Waals surface area contributed by atoms with E-state index in [4.69, 9.17) is 21.4 Å². The van der Waals surface area contributed by atoms with E-state index in [1.54, 1.807) is 69.7 Å². The molecule has 0 saturated heterocycles. The van der Waals surface area contributed by atoms with Gasteiger partial charge in [-0.25, -0.2) is 46.9 Å². The third kappa shape index (κ3) is 12.9. The molecular formula is C40H51ClF4N14O2. The molecule has 0 spiro atoms. The number of alkyl halides is 4. The van der Waals surface area contributed by atoms with Crippen molar-refractivity contribution < 1.29 is 27.4 Å². The average molecular weight is 871 g/mol. The van der Waals surface area contributed by atoms with E-state index in [9.17, 15) is 17.6 Å². The molecule has 6 aromatic heterocycles. The highest BCUT2D eigenvalue weighted by atomic mass is 35.5. The monoisotopic (exact) mass is 870 g/mol. The topological polar surface area (TPSA) is 176 Å². The highest BCUT2D eigenvalue weighted by Gasteiger charge is 2.36. The van der Waals surface area contributed by atoms with Crippen molar-refractivity contribution in [2.45, 2.75) is 116 Å². The number of pyridine rings is 2. The lowest BCUT2D eigenvalue weighted by atomic mass is 9.92. The molecule has 2 aliphatic carbocycles. The summed E-state index contributed by atoms with van der Waals surface area (Å²) < 4.78 is 66.0. The van der Waals surface area contributed by atoms with Crippen molar-refractivity contribution in [1.82, 2.24) is 59.1 Å². The molecule has 6 aromatic rings. The summed E-state index contributed by atoms with van der Waals surface area (Å²) in [5.41, 5.74) is 3.67. The molecule has 0 radical (unpaired) electrons. The molecule has 0 atom stereocenters. The fraction of sp³-hybridized carbons (Fsp3) is 0.500. The Balaban J connectivity index is 0.000000177. The Bertz CT molecular complexity index is 2360. The second kappa shape index (κ2) is 19.4. The Morgan fingerprint density at radius 2 is 1.13 bits per heavy atom. The molecule has 0 bridgehead atoms. The first kappa shape index (κ1) is 44.9. The number of hydrogen-bond acceptors (Lipinski definition) is 12. The lowest BCUT2D eigenvalue weighted by Gasteiger charge is -2.29. The molecular weight excluding hydrogens is 820 g/mol. The summed E-state index contributed by atoms with van der Waals surface area (Å²) in [6.45, 7) is 7.84. The largest absolute Gasteiger partial charge is 0.485 e. The first-order valence-corrected chi connectivity index (χ1v) is 20.3. The van der Waals surface area contributed by atoms with Crippen molar-refractivity contribution in [1.29, 1.82) is 0 Å². The SMILES string of the molecule is Cc1cc(C)n(-c2cc(Cl)cc(NC3CCC(F)(F)CC3)n2)n1.Cc1cc(C)n(-c2cc(OCc3ncn(C)n3)cc(NC3CCC(F)(F)CC3)n2)n1.Cn1cnc(CO)n1. The van der Waals surface area contributed by atoms with Gasteiger partial charge in [-0.3, -0.25) is 9.36 Å². The summed E-state index contributed by atoms with van der Waals surface area (Å²) in [4.78, 5) is 17.1. The Kier molecular flexibility index (Phi) is 14.3. The second-order valence-electron chi connectivity index (χ2n) is 15.4. The van der Waals surface area contributed by atoms with Crippen LogP contribution in [0.15, 0.2) is 49.1 Å². The number of rotatable bonds is 10. The number of anilines is 2. The smallest absolute Gasteiger partial charge is 0.248 e.